The van der Waals surface area contributed by atoms with Crippen molar-refractivity contribution in [1.29, 1.82) is 0 Å². The normalized spacial score (nSPS) is 29.5. The second-order valence-corrected chi connectivity index (χ2v) is 11.1. The van der Waals surface area contributed by atoms with Crippen LogP contribution < -0.4 is 0 Å². The maximum Gasteiger partial charge on any atom is 0.416 e. The van der Waals surface area contributed by atoms with E-state index in [1.807, 2.05) is 0 Å². The molecule has 6 nitrogen and oxygen atoms in total. The van der Waals surface area contributed by atoms with Crippen LogP contribution in [0.25, 0.3) is 0 Å². The number of sulfonamides is 1. The number of hydrogen-bond donors (Lipinski definition) is 1. The van der Waals surface area contributed by atoms with Crippen LogP contribution in [0.15, 0.2) is 29.2 Å². The van der Waals surface area contributed by atoms with Gasteiger partial charge in [-0.05, 0) is 87.7 Å². The molecule has 1 aromatic rings. The van der Waals surface area contributed by atoms with Crippen LogP contribution in [0, 0.1) is 11.8 Å². The number of aliphatic carboxylic acids is 1. The fourth-order valence-corrected chi connectivity index (χ4v) is 7.76. The largest absolute Gasteiger partial charge is 0.481 e. The molecule has 3 fully saturated rings. The summed E-state index contributed by atoms with van der Waals surface area (Å²) in [6, 6.07) is 3.64. The zero-order chi connectivity index (χ0) is 23.1. The van der Waals surface area contributed by atoms with Crippen LogP contribution >= 0.6 is 0 Å². The number of rotatable bonds is 6. The molecule has 0 unspecified atom stereocenters. The van der Waals surface area contributed by atoms with Crippen LogP contribution in [0.2, 0.25) is 0 Å². The topological polar surface area (TPSA) is 77.9 Å². The van der Waals surface area contributed by atoms with E-state index in [4.69, 9.17) is 5.11 Å². The fourth-order valence-electron chi connectivity index (χ4n) is 6.00. The van der Waals surface area contributed by atoms with E-state index in [0.717, 1.165) is 63.0 Å². The maximum atomic E-state index is 13.6. The molecule has 10 heteroatoms. The molecule has 0 aromatic heterocycles. The average molecular weight is 475 g/mol. The molecule has 0 radical (unpaired) electrons. The summed E-state index contributed by atoms with van der Waals surface area (Å²) >= 11 is 0. The Morgan fingerprint density at radius 1 is 1.09 bits per heavy atom. The summed E-state index contributed by atoms with van der Waals surface area (Å²) in [4.78, 5) is 13.4. The van der Waals surface area contributed by atoms with Gasteiger partial charge in [0.05, 0.1) is 10.5 Å². The van der Waals surface area contributed by atoms with E-state index < -0.39 is 27.7 Å². The second kappa shape index (κ2) is 8.95. The van der Waals surface area contributed by atoms with Gasteiger partial charge in [0.15, 0.2) is 0 Å². The standard InChI is InChI=1S/C22H29F3N2O4S/c23-22(24,25)16-8-10-17(11-9-16)32(30,31)27-14-15-4-2-12-26-13-3-5-18(21(15)26)19(27)6-1-7-20(28)29/h8-11,15,18-19,21H,1-7,12-14H2,(H,28,29)/t15-,18+,19+,21-/m0/s1. The van der Waals surface area contributed by atoms with Crippen LogP contribution in [0.3, 0.4) is 0 Å². The number of benzene rings is 1. The molecule has 4 atom stereocenters. The van der Waals surface area contributed by atoms with Crippen molar-refractivity contribution in [1.82, 2.24) is 9.21 Å². The number of nitrogens with zero attached hydrogens (tertiary/aromatic N) is 2. The molecule has 0 aliphatic carbocycles. The summed E-state index contributed by atoms with van der Waals surface area (Å²) in [5, 5.41) is 9.07. The lowest BCUT2D eigenvalue weighted by molar-refractivity contribution is -0.138. The van der Waals surface area contributed by atoms with Crippen molar-refractivity contribution in [3.8, 4) is 0 Å². The summed E-state index contributed by atoms with van der Waals surface area (Å²) in [6.45, 7) is 2.34. The average Bonchev–Trinajstić information content (AvgIpc) is 2.74. The van der Waals surface area contributed by atoms with Crippen LogP contribution in [0.5, 0.6) is 0 Å². The third-order valence-electron chi connectivity index (χ3n) is 7.30. The molecule has 3 heterocycles. The Labute approximate surface area is 186 Å². The molecular formula is C22H29F3N2O4S. The Morgan fingerprint density at radius 2 is 1.75 bits per heavy atom. The first-order chi connectivity index (χ1) is 15.1. The highest BCUT2D eigenvalue weighted by Crippen LogP contribution is 2.45. The van der Waals surface area contributed by atoms with Crippen molar-refractivity contribution in [2.45, 2.75) is 68.1 Å². The molecule has 178 valence electrons. The summed E-state index contributed by atoms with van der Waals surface area (Å²) in [6.07, 6.45) is 0.0276. The molecule has 0 spiro atoms. The van der Waals surface area contributed by atoms with Crippen molar-refractivity contribution in [2.24, 2.45) is 11.8 Å². The van der Waals surface area contributed by atoms with Gasteiger partial charge >= 0.3 is 12.1 Å². The first-order valence-corrected chi connectivity index (χ1v) is 12.7. The van der Waals surface area contributed by atoms with Gasteiger partial charge in [0.25, 0.3) is 0 Å². The fraction of sp³-hybridized carbons (Fsp3) is 0.682. The van der Waals surface area contributed by atoms with Crippen LogP contribution in [0.4, 0.5) is 13.2 Å². The Kier molecular flexibility index (Phi) is 6.57. The lowest BCUT2D eigenvalue weighted by atomic mass is 9.70. The Morgan fingerprint density at radius 3 is 2.38 bits per heavy atom. The molecule has 3 aliphatic heterocycles. The molecule has 32 heavy (non-hydrogen) atoms. The molecule has 3 saturated heterocycles. The molecule has 4 rings (SSSR count). The third-order valence-corrected chi connectivity index (χ3v) is 9.21. The number of alkyl halides is 3. The summed E-state index contributed by atoms with van der Waals surface area (Å²) in [7, 11) is -4.01. The van der Waals surface area contributed by atoms with E-state index in [1.165, 1.54) is 4.31 Å². The summed E-state index contributed by atoms with van der Waals surface area (Å²) < 4.78 is 67.5. The highest BCUT2D eigenvalue weighted by atomic mass is 32.2. The number of carbonyl (C=O) groups is 1. The van der Waals surface area contributed by atoms with Crippen LogP contribution in [-0.2, 0) is 21.0 Å². The van der Waals surface area contributed by atoms with Crippen molar-refractivity contribution in [2.75, 3.05) is 19.6 Å². The number of halogens is 3. The number of hydrogen-bond acceptors (Lipinski definition) is 4. The second-order valence-electron chi connectivity index (χ2n) is 9.19. The van der Waals surface area contributed by atoms with Crippen molar-refractivity contribution in [3.05, 3.63) is 29.8 Å². The van der Waals surface area contributed by atoms with Gasteiger partial charge < -0.3 is 5.11 Å². The highest BCUT2D eigenvalue weighted by Gasteiger charge is 2.51. The van der Waals surface area contributed by atoms with E-state index in [2.05, 4.69) is 4.90 Å². The van der Waals surface area contributed by atoms with Gasteiger partial charge in [-0.1, -0.05) is 0 Å². The Balaban J connectivity index is 1.66. The van der Waals surface area contributed by atoms with E-state index in [0.29, 0.717) is 25.4 Å². The zero-order valence-electron chi connectivity index (χ0n) is 17.8. The molecule has 3 aliphatic rings. The van der Waals surface area contributed by atoms with Crippen molar-refractivity contribution >= 4 is 16.0 Å². The van der Waals surface area contributed by atoms with Gasteiger partial charge in [-0.15, -0.1) is 0 Å². The first kappa shape index (κ1) is 23.5. The SMILES string of the molecule is O=C(O)CCC[C@@H]1[C@H]2CCCN3CCC[C@@H](CN1S(=O)(=O)c1ccc(C(F)(F)F)cc1)[C@@H]23. The first-order valence-electron chi connectivity index (χ1n) is 11.2. The smallest absolute Gasteiger partial charge is 0.416 e. The predicted molar refractivity (Wildman–Crippen MR) is 111 cm³/mol. The van der Waals surface area contributed by atoms with E-state index in [1.54, 1.807) is 0 Å². The minimum absolute atomic E-state index is 0.0325. The van der Waals surface area contributed by atoms with Gasteiger partial charge in [-0.2, -0.15) is 17.5 Å². The number of piperidine rings is 3. The summed E-state index contributed by atoms with van der Waals surface area (Å²) in [5.74, 6) is -0.617. The minimum atomic E-state index is -4.53. The minimum Gasteiger partial charge on any atom is -0.481 e. The number of carboxylic acid groups (broad SMARTS) is 1. The molecule has 0 amide bonds. The van der Waals surface area contributed by atoms with Gasteiger partial charge in [0, 0.05) is 25.0 Å². The molecule has 1 N–H and O–H groups in total. The Hall–Kier alpha value is -1.65. The predicted octanol–water partition coefficient (Wildman–Crippen LogP) is 3.82. The molecular weight excluding hydrogens is 445 g/mol. The lowest BCUT2D eigenvalue weighted by Crippen LogP contribution is -2.65. The zero-order valence-corrected chi connectivity index (χ0v) is 18.6. The lowest BCUT2D eigenvalue weighted by Gasteiger charge is -2.57. The van der Waals surface area contributed by atoms with Crippen LogP contribution in [0.1, 0.15) is 50.5 Å². The molecule has 0 bridgehead atoms. The Bertz CT molecular complexity index is 933. The van der Waals surface area contributed by atoms with Gasteiger partial charge in [-0.25, -0.2) is 8.42 Å². The van der Waals surface area contributed by atoms with Gasteiger partial charge in [0.1, 0.15) is 0 Å². The van der Waals surface area contributed by atoms with Crippen LogP contribution in [-0.4, -0.2) is 60.4 Å². The van der Waals surface area contributed by atoms with E-state index >= 15 is 0 Å². The van der Waals surface area contributed by atoms with E-state index in [-0.39, 0.29) is 29.2 Å². The summed E-state index contributed by atoms with van der Waals surface area (Å²) in [5.41, 5.74) is -0.886. The van der Waals surface area contributed by atoms with Crippen molar-refractivity contribution in [3.63, 3.8) is 0 Å². The van der Waals surface area contributed by atoms with Crippen molar-refractivity contribution < 1.29 is 31.5 Å². The van der Waals surface area contributed by atoms with Gasteiger partial charge in [-0.3, -0.25) is 9.69 Å². The third kappa shape index (κ3) is 4.54. The molecule has 0 saturated carbocycles. The maximum absolute atomic E-state index is 13.6. The molecule has 1 aromatic carbocycles. The van der Waals surface area contributed by atoms with E-state index in [9.17, 15) is 26.4 Å². The van der Waals surface area contributed by atoms with Gasteiger partial charge in [0.2, 0.25) is 10.0 Å². The number of carboxylic acids is 1. The quantitative estimate of drug-likeness (QED) is 0.678. The monoisotopic (exact) mass is 474 g/mol. The highest BCUT2D eigenvalue weighted by molar-refractivity contribution is 7.89.